The Balaban J connectivity index is 1.76. The highest BCUT2D eigenvalue weighted by Gasteiger charge is 2.57. The minimum absolute atomic E-state index is 0.215. The van der Waals surface area contributed by atoms with Crippen LogP contribution in [0.15, 0.2) is 46.8 Å². The van der Waals surface area contributed by atoms with Gasteiger partial charge < -0.3 is 9.47 Å². The summed E-state index contributed by atoms with van der Waals surface area (Å²) in [6.07, 6.45) is -0.720. The van der Waals surface area contributed by atoms with Crippen LogP contribution in [0.4, 0.5) is 0 Å². The number of ether oxygens (including phenoxy) is 2. The van der Waals surface area contributed by atoms with Gasteiger partial charge in [0.05, 0.1) is 11.3 Å². The summed E-state index contributed by atoms with van der Waals surface area (Å²) in [6.45, 7) is 5.37. The largest absolute Gasteiger partial charge is 0.443 e. The lowest BCUT2D eigenvalue weighted by Crippen LogP contribution is -2.67. The summed E-state index contributed by atoms with van der Waals surface area (Å²) in [5.41, 5.74) is -0.387. The first kappa shape index (κ1) is 24.4. The number of hydrogen-bond donors (Lipinski definition) is 0. The number of hydrogen-bond acceptors (Lipinski definition) is 10. The topological polar surface area (TPSA) is 117 Å². The van der Waals surface area contributed by atoms with Crippen LogP contribution >= 0.6 is 23.5 Å². The van der Waals surface area contributed by atoms with Crippen molar-refractivity contribution in [2.24, 2.45) is 12.5 Å². The van der Waals surface area contributed by atoms with Crippen molar-refractivity contribution in [1.82, 2.24) is 25.1 Å². The Morgan fingerprint density at radius 1 is 1.21 bits per heavy atom. The second kappa shape index (κ2) is 9.51. The van der Waals surface area contributed by atoms with Gasteiger partial charge >= 0.3 is 5.97 Å². The van der Waals surface area contributed by atoms with Gasteiger partial charge in [-0.25, -0.2) is 9.48 Å². The zero-order valence-electron chi connectivity index (χ0n) is 19.4. The molecule has 0 spiro atoms. The number of thioether (sulfide) groups is 2. The molecule has 1 fully saturated rings. The molecule has 1 amide bonds. The molecule has 1 aromatic carbocycles. The minimum Gasteiger partial charge on any atom is -0.443 e. The standard InChI is InChI=1S/C22H25N5O5S2/c1-22(2,3)16(28)14-13(11-33-21-23-24-25-26(21)4)20(32-19(30)12-9-7-6-8-10-12)34-18-15(31-5)17(29)27(14)18/h6-10,15,18,20H,11H2,1-5H3/t15-,18+,20?/m0/s1. The van der Waals surface area contributed by atoms with Crippen LogP contribution in [0.2, 0.25) is 0 Å². The molecule has 1 aromatic heterocycles. The second-order valence-electron chi connectivity index (χ2n) is 8.82. The van der Waals surface area contributed by atoms with Crippen LogP contribution < -0.4 is 0 Å². The smallest absolute Gasteiger partial charge is 0.339 e. The first-order valence-electron chi connectivity index (χ1n) is 10.5. The molecule has 34 heavy (non-hydrogen) atoms. The molecule has 1 saturated heterocycles. The molecule has 0 aliphatic carbocycles. The van der Waals surface area contributed by atoms with Gasteiger partial charge in [0, 0.05) is 30.9 Å². The maximum absolute atomic E-state index is 13.6. The van der Waals surface area contributed by atoms with Crippen LogP contribution in [-0.2, 0) is 26.1 Å². The van der Waals surface area contributed by atoms with Gasteiger partial charge in [0.2, 0.25) is 5.16 Å². The van der Waals surface area contributed by atoms with Crippen LogP contribution in [0.3, 0.4) is 0 Å². The zero-order chi connectivity index (χ0) is 24.6. The third-order valence-corrected chi connectivity index (χ3v) is 7.82. The number of allylic oxidation sites excluding steroid dienone is 1. The Morgan fingerprint density at radius 3 is 2.50 bits per heavy atom. The van der Waals surface area contributed by atoms with Gasteiger partial charge in [0.15, 0.2) is 17.3 Å². The molecule has 2 aliphatic rings. The van der Waals surface area contributed by atoms with Gasteiger partial charge in [0.25, 0.3) is 5.91 Å². The Hall–Kier alpha value is -2.70. The SMILES string of the molecule is CO[C@H]1C(=O)N2C(C(=O)C(C)(C)C)=C(CSc3nnnn3C)C(OC(=O)c3ccccc3)S[C@H]12. The van der Waals surface area contributed by atoms with Crippen LogP contribution in [0, 0.1) is 5.41 Å². The summed E-state index contributed by atoms with van der Waals surface area (Å²) >= 11 is 2.57. The predicted molar refractivity (Wildman–Crippen MR) is 126 cm³/mol. The van der Waals surface area contributed by atoms with E-state index in [1.807, 2.05) is 6.07 Å². The molecule has 0 N–H and O–H groups in total. The molecule has 3 heterocycles. The number of ketones is 1. The van der Waals surface area contributed by atoms with E-state index < -0.39 is 28.3 Å². The molecule has 1 unspecified atom stereocenters. The number of β-lactam (4-membered cyclic amide) rings is 1. The van der Waals surface area contributed by atoms with Crippen LogP contribution in [0.25, 0.3) is 0 Å². The third-order valence-electron chi connectivity index (χ3n) is 5.40. The number of carbonyl (C=O) groups is 3. The van der Waals surface area contributed by atoms with Crippen molar-refractivity contribution < 1.29 is 23.9 Å². The van der Waals surface area contributed by atoms with Gasteiger partial charge in [-0.15, -0.1) is 5.10 Å². The molecule has 3 atom stereocenters. The summed E-state index contributed by atoms with van der Waals surface area (Å²) in [5, 5.41) is 11.5. The number of nitrogens with zero attached hydrogens (tertiary/aromatic N) is 5. The molecular formula is C22H25N5O5S2. The van der Waals surface area contributed by atoms with E-state index in [9.17, 15) is 14.4 Å². The molecule has 0 bridgehead atoms. The van der Waals surface area contributed by atoms with Crippen molar-refractivity contribution in [3.05, 3.63) is 47.2 Å². The molecule has 0 saturated carbocycles. The van der Waals surface area contributed by atoms with E-state index >= 15 is 0 Å². The van der Waals surface area contributed by atoms with Crippen molar-refractivity contribution in [2.75, 3.05) is 12.9 Å². The van der Waals surface area contributed by atoms with E-state index in [0.29, 0.717) is 16.3 Å². The highest BCUT2D eigenvalue weighted by atomic mass is 32.2. The molecule has 2 aromatic rings. The fraction of sp³-hybridized carbons (Fsp3) is 0.455. The van der Waals surface area contributed by atoms with E-state index in [1.165, 1.54) is 40.2 Å². The number of carbonyl (C=O) groups excluding carboxylic acids is 3. The molecular weight excluding hydrogens is 478 g/mol. The van der Waals surface area contributed by atoms with E-state index in [2.05, 4.69) is 15.5 Å². The van der Waals surface area contributed by atoms with Gasteiger partial charge in [-0.05, 0) is 22.6 Å². The Bertz CT molecular complexity index is 1140. The summed E-state index contributed by atoms with van der Waals surface area (Å²) in [6, 6.07) is 8.64. The number of aryl methyl sites for hydroxylation is 1. The van der Waals surface area contributed by atoms with Gasteiger partial charge in [-0.1, -0.05) is 62.5 Å². The lowest BCUT2D eigenvalue weighted by molar-refractivity contribution is -0.160. The lowest BCUT2D eigenvalue weighted by Gasteiger charge is -2.51. The van der Waals surface area contributed by atoms with Crippen LogP contribution in [0.1, 0.15) is 31.1 Å². The number of methoxy groups -OCH3 is 1. The molecule has 2 aliphatic heterocycles. The maximum atomic E-state index is 13.6. The molecule has 4 rings (SSSR count). The fourth-order valence-corrected chi connectivity index (χ4v) is 6.02. The van der Waals surface area contributed by atoms with Crippen molar-refractivity contribution >= 4 is 41.2 Å². The summed E-state index contributed by atoms with van der Waals surface area (Å²) < 4.78 is 12.8. The monoisotopic (exact) mass is 503 g/mol. The molecule has 0 radical (unpaired) electrons. The predicted octanol–water partition coefficient (Wildman–Crippen LogP) is 2.28. The van der Waals surface area contributed by atoms with Gasteiger partial charge in [-0.3, -0.25) is 14.5 Å². The number of tetrazole rings is 1. The first-order valence-corrected chi connectivity index (χ1v) is 12.5. The highest BCUT2D eigenvalue weighted by molar-refractivity contribution is 8.01. The maximum Gasteiger partial charge on any atom is 0.339 e. The quantitative estimate of drug-likeness (QED) is 0.316. The van der Waals surface area contributed by atoms with Crippen LogP contribution in [0.5, 0.6) is 0 Å². The molecule has 12 heteroatoms. The molecule has 10 nitrogen and oxygen atoms in total. The number of fused-ring (bicyclic) bond motifs is 1. The van der Waals surface area contributed by atoms with Gasteiger partial charge in [-0.2, -0.15) is 0 Å². The number of Topliss-reactive ketones (excluding diaryl/α,β-unsaturated/α-hetero) is 1. The van der Waals surface area contributed by atoms with E-state index in [-0.39, 0.29) is 23.1 Å². The number of amides is 1. The highest BCUT2D eigenvalue weighted by Crippen LogP contribution is 2.48. The zero-order valence-corrected chi connectivity index (χ0v) is 21.1. The Morgan fingerprint density at radius 2 is 1.91 bits per heavy atom. The van der Waals surface area contributed by atoms with Crippen molar-refractivity contribution in [3.63, 3.8) is 0 Å². The Labute approximate surface area is 205 Å². The average molecular weight is 504 g/mol. The minimum atomic E-state index is -0.797. The number of rotatable bonds is 7. The first-order chi connectivity index (χ1) is 16.1. The normalized spacial score (nSPS) is 22.3. The Kier molecular flexibility index (Phi) is 6.83. The van der Waals surface area contributed by atoms with E-state index in [4.69, 9.17) is 9.47 Å². The number of aromatic nitrogens is 4. The summed E-state index contributed by atoms with van der Waals surface area (Å²) in [7, 11) is 3.16. The molecule has 180 valence electrons. The van der Waals surface area contributed by atoms with E-state index in [1.54, 1.807) is 52.1 Å². The number of benzene rings is 1. The summed E-state index contributed by atoms with van der Waals surface area (Å²) in [4.78, 5) is 40.9. The second-order valence-corrected chi connectivity index (χ2v) is 10.9. The van der Waals surface area contributed by atoms with Crippen molar-refractivity contribution in [3.8, 4) is 0 Å². The third kappa shape index (κ3) is 4.49. The van der Waals surface area contributed by atoms with Gasteiger partial charge in [0.1, 0.15) is 5.37 Å². The van der Waals surface area contributed by atoms with Crippen molar-refractivity contribution in [2.45, 2.75) is 42.8 Å². The van der Waals surface area contributed by atoms with Crippen LogP contribution in [-0.4, -0.2) is 72.5 Å². The summed E-state index contributed by atoms with van der Waals surface area (Å²) in [5.74, 6) is -0.771. The van der Waals surface area contributed by atoms with E-state index in [0.717, 1.165) is 0 Å². The average Bonchev–Trinajstić information content (AvgIpc) is 3.21. The van der Waals surface area contributed by atoms with Crippen molar-refractivity contribution in [1.29, 1.82) is 0 Å². The number of esters is 1. The fourth-order valence-electron chi connectivity index (χ4n) is 3.57. The lowest BCUT2D eigenvalue weighted by atomic mass is 9.85.